The maximum absolute atomic E-state index is 13.0. The first-order valence-electron chi connectivity index (χ1n) is 9.83. The molecule has 3 heterocycles. The van der Waals surface area contributed by atoms with Crippen LogP contribution in [0.15, 0.2) is 46.7 Å². The van der Waals surface area contributed by atoms with Gasteiger partial charge in [0.2, 0.25) is 10.0 Å². The first kappa shape index (κ1) is 21.2. The van der Waals surface area contributed by atoms with Crippen molar-refractivity contribution in [2.24, 2.45) is 0 Å². The predicted molar refractivity (Wildman–Crippen MR) is 122 cm³/mol. The smallest absolute Gasteiger partial charge is 0.268 e. The van der Waals surface area contributed by atoms with Crippen molar-refractivity contribution in [3.63, 3.8) is 0 Å². The lowest BCUT2D eigenvalue weighted by Crippen LogP contribution is -2.29. The van der Waals surface area contributed by atoms with Gasteiger partial charge in [-0.25, -0.2) is 13.4 Å². The van der Waals surface area contributed by atoms with Crippen molar-refractivity contribution in [1.82, 2.24) is 9.29 Å². The Labute approximate surface area is 184 Å². The molecule has 30 heavy (non-hydrogen) atoms. The lowest BCUT2D eigenvalue weighted by atomic mass is 10.1. The van der Waals surface area contributed by atoms with Crippen LogP contribution >= 0.6 is 22.7 Å². The van der Waals surface area contributed by atoms with Crippen LogP contribution in [0.5, 0.6) is 0 Å². The Morgan fingerprint density at radius 2 is 1.83 bits per heavy atom. The van der Waals surface area contributed by atoms with E-state index in [4.69, 9.17) is 0 Å². The number of benzene rings is 1. The first-order chi connectivity index (χ1) is 14.4. The van der Waals surface area contributed by atoms with Crippen LogP contribution in [-0.2, 0) is 10.0 Å². The Bertz CT molecular complexity index is 1140. The van der Waals surface area contributed by atoms with Crippen molar-refractivity contribution in [3.8, 4) is 11.3 Å². The molecular weight excluding hydrogens is 438 g/mol. The zero-order valence-electron chi connectivity index (χ0n) is 16.8. The highest BCUT2D eigenvalue weighted by Crippen LogP contribution is 2.37. The highest BCUT2D eigenvalue weighted by molar-refractivity contribution is 7.89. The fourth-order valence-electron chi connectivity index (χ4n) is 3.47. The number of thiophene rings is 1. The van der Waals surface area contributed by atoms with E-state index in [0.717, 1.165) is 40.3 Å². The second kappa shape index (κ2) is 8.58. The van der Waals surface area contributed by atoms with Crippen LogP contribution in [0, 0.1) is 0 Å². The molecule has 1 aliphatic heterocycles. The van der Waals surface area contributed by atoms with Crippen LogP contribution < -0.4 is 5.32 Å². The lowest BCUT2D eigenvalue weighted by molar-refractivity contribution is 0.102. The summed E-state index contributed by atoms with van der Waals surface area (Å²) in [6.07, 6.45) is 1.70. The number of nitrogens with one attached hydrogen (secondary N) is 1. The minimum absolute atomic E-state index is 0.0795. The number of carbonyl (C=O) groups excluding carboxylic acids is 1. The van der Waals surface area contributed by atoms with Gasteiger partial charge in [-0.1, -0.05) is 44.2 Å². The van der Waals surface area contributed by atoms with E-state index in [9.17, 15) is 13.2 Å². The summed E-state index contributed by atoms with van der Waals surface area (Å²) in [5.41, 5.74) is 1.84. The molecule has 0 saturated carbocycles. The number of amides is 1. The highest BCUT2D eigenvalue weighted by Gasteiger charge is 2.32. The van der Waals surface area contributed by atoms with Crippen LogP contribution in [0.2, 0.25) is 0 Å². The summed E-state index contributed by atoms with van der Waals surface area (Å²) >= 11 is 2.56. The first-order valence-corrected chi connectivity index (χ1v) is 13.0. The lowest BCUT2D eigenvalue weighted by Gasteiger charge is -2.15. The summed E-state index contributed by atoms with van der Waals surface area (Å²) < 4.78 is 27.3. The number of nitrogens with zero attached hydrogens (tertiary/aromatic N) is 2. The molecule has 0 atom stereocenters. The molecule has 0 bridgehead atoms. The van der Waals surface area contributed by atoms with Gasteiger partial charge in [-0.3, -0.25) is 10.1 Å². The zero-order valence-corrected chi connectivity index (χ0v) is 19.2. The van der Waals surface area contributed by atoms with Crippen molar-refractivity contribution in [2.45, 2.75) is 37.5 Å². The number of hydrogen-bond acceptors (Lipinski definition) is 6. The summed E-state index contributed by atoms with van der Waals surface area (Å²) in [7, 11) is -3.66. The number of hydrogen-bond donors (Lipinski definition) is 1. The molecule has 0 unspecified atom stereocenters. The molecule has 158 valence electrons. The normalized spacial score (nSPS) is 15.0. The number of thiazole rings is 1. The van der Waals surface area contributed by atoms with Gasteiger partial charge < -0.3 is 0 Å². The standard InChI is InChI=1S/C21H23N3O3S3/c1-14(2)18-17(15-8-4-3-5-9-15)22-21(29-18)23-20(25)19-16(10-13-28-19)30(26,27)24-11-6-7-12-24/h3-5,8-10,13-14H,6-7,11-12H2,1-2H3,(H,22,23,25). The van der Waals surface area contributed by atoms with Crippen molar-refractivity contribution < 1.29 is 13.2 Å². The molecule has 1 saturated heterocycles. The predicted octanol–water partition coefficient (Wildman–Crippen LogP) is 5.03. The SMILES string of the molecule is CC(C)c1sc(NC(=O)c2sccc2S(=O)(=O)N2CCCC2)nc1-c1ccccc1. The van der Waals surface area contributed by atoms with E-state index in [1.54, 1.807) is 5.38 Å². The van der Waals surface area contributed by atoms with E-state index in [2.05, 4.69) is 24.1 Å². The molecule has 1 fully saturated rings. The number of aromatic nitrogens is 1. The number of sulfonamides is 1. The second-order valence-corrected chi connectivity index (χ2v) is 11.3. The molecule has 0 radical (unpaired) electrons. The van der Waals surface area contributed by atoms with Gasteiger partial charge in [-0.2, -0.15) is 4.31 Å². The molecule has 1 amide bonds. The third-order valence-corrected chi connectivity index (χ3v) is 9.22. The molecule has 3 aromatic rings. The molecule has 1 aliphatic rings. The number of rotatable bonds is 6. The molecular formula is C21H23N3O3S3. The van der Waals surface area contributed by atoms with E-state index in [-0.39, 0.29) is 15.7 Å². The Kier molecular flexibility index (Phi) is 6.06. The van der Waals surface area contributed by atoms with Crippen LogP contribution in [0.4, 0.5) is 5.13 Å². The van der Waals surface area contributed by atoms with Gasteiger partial charge in [0.05, 0.1) is 5.69 Å². The largest absolute Gasteiger partial charge is 0.297 e. The van der Waals surface area contributed by atoms with Gasteiger partial charge in [-0.05, 0) is 30.2 Å². The highest BCUT2D eigenvalue weighted by atomic mass is 32.2. The summed E-state index contributed by atoms with van der Waals surface area (Å²) in [5, 5.41) is 4.95. The van der Waals surface area contributed by atoms with Crippen molar-refractivity contribution in [1.29, 1.82) is 0 Å². The summed E-state index contributed by atoms with van der Waals surface area (Å²) in [6.45, 7) is 5.19. The second-order valence-electron chi connectivity index (χ2n) is 7.43. The van der Waals surface area contributed by atoms with Crippen molar-refractivity contribution in [2.75, 3.05) is 18.4 Å². The number of carbonyl (C=O) groups is 1. The van der Waals surface area contributed by atoms with E-state index in [0.29, 0.717) is 18.2 Å². The van der Waals surface area contributed by atoms with E-state index in [1.165, 1.54) is 21.7 Å². The summed E-state index contributed by atoms with van der Waals surface area (Å²) in [5.74, 6) is -0.192. The summed E-state index contributed by atoms with van der Waals surface area (Å²) in [6, 6.07) is 11.4. The zero-order chi connectivity index (χ0) is 21.3. The Morgan fingerprint density at radius 1 is 1.13 bits per heavy atom. The Hall–Kier alpha value is -2.07. The summed E-state index contributed by atoms with van der Waals surface area (Å²) in [4.78, 5) is 19.0. The molecule has 9 heteroatoms. The van der Waals surface area contributed by atoms with Gasteiger partial charge in [0.25, 0.3) is 5.91 Å². The number of anilines is 1. The van der Waals surface area contributed by atoms with Gasteiger partial charge in [-0.15, -0.1) is 22.7 Å². The Balaban J connectivity index is 1.62. The third-order valence-electron chi connectivity index (χ3n) is 4.96. The molecule has 0 spiro atoms. The minimum atomic E-state index is -3.66. The quantitative estimate of drug-likeness (QED) is 0.558. The van der Waals surface area contributed by atoms with E-state index < -0.39 is 15.9 Å². The van der Waals surface area contributed by atoms with Gasteiger partial charge in [0, 0.05) is 23.5 Å². The molecule has 4 rings (SSSR count). The molecule has 2 aromatic heterocycles. The monoisotopic (exact) mass is 461 g/mol. The maximum Gasteiger partial charge on any atom is 0.268 e. The van der Waals surface area contributed by atoms with Crippen LogP contribution in [0.3, 0.4) is 0 Å². The van der Waals surface area contributed by atoms with E-state index in [1.807, 2.05) is 30.3 Å². The molecule has 6 nitrogen and oxygen atoms in total. The maximum atomic E-state index is 13.0. The Morgan fingerprint density at radius 3 is 2.50 bits per heavy atom. The van der Waals surface area contributed by atoms with Gasteiger partial charge in [0.15, 0.2) is 5.13 Å². The van der Waals surface area contributed by atoms with Crippen LogP contribution in [0.1, 0.15) is 47.2 Å². The molecule has 0 aliphatic carbocycles. The molecule has 1 aromatic carbocycles. The molecule has 1 N–H and O–H groups in total. The van der Waals surface area contributed by atoms with E-state index >= 15 is 0 Å². The minimum Gasteiger partial charge on any atom is -0.297 e. The van der Waals surface area contributed by atoms with Gasteiger partial charge >= 0.3 is 0 Å². The van der Waals surface area contributed by atoms with Crippen LogP contribution in [0.25, 0.3) is 11.3 Å². The van der Waals surface area contributed by atoms with Crippen molar-refractivity contribution in [3.05, 3.63) is 51.5 Å². The fraction of sp³-hybridized carbons (Fsp3) is 0.333. The van der Waals surface area contributed by atoms with Gasteiger partial charge in [0.1, 0.15) is 9.77 Å². The fourth-order valence-corrected chi connectivity index (χ4v) is 7.26. The van der Waals surface area contributed by atoms with Crippen molar-refractivity contribution >= 4 is 43.7 Å². The topological polar surface area (TPSA) is 79.4 Å². The average molecular weight is 462 g/mol. The third kappa shape index (κ3) is 4.07. The average Bonchev–Trinajstić information content (AvgIpc) is 3.48. The van der Waals surface area contributed by atoms with Crippen LogP contribution in [-0.4, -0.2) is 36.7 Å².